The third kappa shape index (κ3) is 2.32. The Kier molecular flexibility index (Phi) is 3.26. The normalized spacial score (nSPS) is 37.3. The Hall–Kier alpha value is -0.610. The van der Waals surface area contributed by atoms with Gasteiger partial charge in [-0.25, -0.2) is 0 Å². The first kappa shape index (κ1) is 10.9. The van der Waals surface area contributed by atoms with E-state index in [-0.39, 0.29) is 12.0 Å². The maximum absolute atomic E-state index is 10.9. The second-order valence-corrected chi connectivity index (χ2v) is 4.81. The van der Waals surface area contributed by atoms with E-state index >= 15 is 0 Å². The van der Waals surface area contributed by atoms with E-state index in [4.69, 9.17) is 5.73 Å². The van der Waals surface area contributed by atoms with Gasteiger partial charge in [-0.05, 0) is 32.2 Å². The third-order valence-electron chi connectivity index (χ3n) is 3.80. The van der Waals surface area contributed by atoms with Crippen LogP contribution in [0.4, 0.5) is 0 Å². The molecule has 1 saturated carbocycles. The smallest absolute Gasteiger partial charge is 0.231 e. The molecule has 0 spiro atoms. The van der Waals surface area contributed by atoms with Crippen molar-refractivity contribution in [2.24, 2.45) is 11.7 Å². The molecule has 15 heavy (non-hydrogen) atoms. The second kappa shape index (κ2) is 4.49. The molecule has 3 atom stereocenters. The highest BCUT2D eigenvalue weighted by Crippen LogP contribution is 2.35. The van der Waals surface area contributed by atoms with E-state index in [1.807, 2.05) is 0 Å². The van der Waals surface area contributed by atoms with Gasteiger partial charge in [-0.15, -0.1) is 0 Å². The lowest BCUT2D eigenvalue weighted by Crippen LogP contribution is -2.43. The quantitative estimate of drug-likeness (QED) is 0.697. The number of carbonyl (C=O) groups is 1. The van der Waals surface area contributed by atoms with Crippen molar-refractivity contribution < 1.29 is 9.90 Å². The van der Waals surface area contributed by atoms with Crippen LogP contribution < -0.4 is 5.73 Å². The molecule has 4 heteroatoms. The summed E-state index contributed by atoms with van der Waals surface area (Å²) in [6.45, 7) is 1.31. The van der Waals surface area contributed by atoms with Gasteiger partial charge in [-0.3, -0.25) is 9.69 Å². The van der Waals surface area contributed by atoms with Crippen molar-refractivity contribution in [3.8, 4) is 0 Å². The first-order valence-electron chi connectivity index (χ1n) is 5.89. The Morgan fingerprint density at radius 2 is 2.13 bits per heavy atom. The molecular formula is C11H20N2O2. The number of aliphatic hydroxyl groups excluding tert-OH is 1. The van der Waals surface area contributed by atoms with Crippen LogP contribution in [0.1, 0.15) is 32.1 Å². The number of primary amides is 1. The molecule has 2 aliphatic rings. The van der Waals surface area contributed by atoms with Crippen molar-refractivity contribution in [2.45, 2.75) is 44.2 Å². The summed E-state index contributed by atoms with van der Waals surface area (Å²) >= 11 is 0. The summed E-state index contributed by atoms with van der Waals surface area (Å²) in [6.07, 6.45) is 5.21. The molecule has 1 heterocycles. The van der Waals surface area contributed by atoms with Gasteiger partial charge < -0.3 is 10.8 Å². The van der Waals surface area contributed by atoms with Gasteiger partial charge in [-0.1, -0.05) is 6.42 Å². The summed E-state index contributed by atoms with van der Waals surface area (Å²) in [4.78, 5) is 13.1. The molecule has 0 aromatic carbocycles. The lowest BCUT2D eigenvalue weighted by Gasteiger charge is -2.30. The first-order valence-corrected chi connectivity index (χ1v) is 5.89. The molecule has 2 fully saturated rings. The molecule has 0 bridgehead atoms. The van der Waals surface area contributed by atoms with Crippen molar-refractivity contribution in [3.63, 3.8) is 0 Å². The van der Waals surface area contributed by atoms with Crippen LogP contribution in [0.5, 0.6) is 0 Å². The van der Waals surface area contributed by atoms with E-state index < -0.39 is 0 Å². The summed E-state index contributed by atoms with van der Waals surface area (Å²) in [5.41, 5.74) is 5.22. The number of amides is 1. The van der Waals surface area contributed by atoms with Gasteiger partial charge in [0.15, 0.2) is 0 Å². The molecule has 4 nitrogen and oxygen atoms in total. The number of rotatable bonds is 3. The number of likely N-dealkylation sites (tertiary alicyclic amines) is 1. The van der Waals surface area contributed by atoms with E-state index in [1.54, 1.807) is 0 Å². The minimum Gasteiger partial charge on any atom is -0.393 e. The lowest BCUT2D eigenvalue weighted by atomic mass is 9.94. The Morgan fingerprint density at radius 1 is 1.33 bits per heavy atom. The van der Waals surface area contributed by atoms with E-state index in [0.29, 0.717) is 18.5 Å². The van der Waals surface area contributed by atoms with Crippen LogP contribution in [-0.2, 0) is 4.79 Å². The Labute approximate surface area is 90.4 Å². The predicted octanol–water partition coefficient (Wildman–Crippen LogP) is 0.0971. The van der Waals surface area contributed by atoms with Gasteiger partial charge in [0, 0.05) is 12.0 Å². The summed E-state index contributed by atoms with van der Waals surface area (Å²) in [5.74, 6) is 0.112. The van der Waals surface area contributed by atoms with Crippen molar-refractivity contribution >= 4 is 5.91 Å². The number of nitrogens with zero attached hydrogens (tertiary/aromatic N) is 1. The van der Waals surface area contributed by atoms with Crippen molar-refractivity contribution in [1.29, 1.82) is 0 Å². The standard InChI is InChI=1S/C11H20N2O2/c12-11(15)7-13-6-2-4-9(13)8-3-1-5-10(8)14/h8-10,14H,1-7H2,(H2,12,15). The fourth-order valence-corrected chi connectivity index (χ4v) is 3.15. The number of nitrogens with two attached hydrogens (primary N) is 1. The number of hydrogen-bond acceptors (Lipinski definition) is 3. The summed E-state index contributed by atoms with van der Waals surface area (Å²) in [6, 6.07) is 0.384. The minimum absolute atomic E-state index is 0.163. The fourth-order valence-electron chi connectivity index (χ4n) is 3.15. The molecule has 0 radical (unpaired) electrons. The number of hydrogen-bond donors (Lipinski definition) is 2. The molecule has 1 amide bonds. The number of carbonyl (C=O) groups excluding carboxylic acids is 1. The molecule has 3 unspecified atom stereocenters. The van der Waals surface area contributed by atoms with E-state index in [0.717, 1.165) is 38.6 Å². The van der Waals surface area contributed by atoms with Crippen LogP contribution in [0.15, 0.2) is 0 Å². The maximum Gasteiger partial charge on any atom is 0.231 e. The summed E-state index contributed by atoms with van der Waals surface area (Å²) in [5, 5.41) is 9.86. The largest absolute Gasteiger partial charge is 0.393 e. The summed E-state index contributed by atoms with van der Waals surface area (Å²) in [7, 11) is 0. The van der Waals surface area contributed by atoms with E-state index in [1.165, 1.54) is 0 Å². The average molecular weight is 212 g/mol. The van der Waals surface area contributed by atoms with Crippen LogP contribution in [0, 0.1) is 5.92 Å². The van der Waals surface area contributed by atoms with Gasteiger partial charge in [-0.2, -0.15) is 0 Å². The zero-order valence-corrected chi connectivity index (χ0v) is 9.06. The molecule has 0 aromatic rings. The molecule has 3 N–H and O–H groups in total. The first-order chi connectivity index (χ1) is 7.18. The van der Waals surface area contributed by atoms with E-state index in [2.05, 4.69) is 4.90 Å². The Balaban J connectivity index is 1.97. The number of aliphatic hydroxyl groups is 1. The Bertz CT molecular complexity index is 245. The highest BCUT2D eigenvalue weighted by Gasteiger charge is 2.38. The second-order valence-electron chi connectivity index (χ2n) is 4.81. The zero-order chi connectivity index (χ0) is 10.8. The molecule has 1 saturated heterocycles. The predicted molar refractivity (Wildman–Crippen MR) is 57.1 cm³/mol. The van der Waals surface area contributed by atoms with Crippen LogP contribution in [0.25, 0.3) is 0 Å². The molecule has 0 aromatic heterocycles. The van der Waals surface area contributed by atoms with Gasteiger partial charge in [0.2, 0.25) is 5.91 Å². The monoisotopic (exact) mass is 212 g/mol. The van der Waals surface area contributed by atoms with Gasteiger partial charge in [0.05, 0.1) is 12.6 Å². The molecule has 1 aliphatic heterocycles. The van der Waals surface area contributed by atoms with Gasteiger partial charge in [0.25, 0.3) is 0 Å². The molecule has 2 rings (SSSR count). The van der Waals surface area contributed by atoms with Crippen molar-refractivity contribution in [2.75, 3.05) is 13.1 Å². The molecule has 1 aliphatic carbocycles. The lowest BCUT2D eigenvalue weighted by molar-refractivity contribution is -0.119. The molecule has 86 valence electrons. The van der Waals surface area contributed by atoms with E-state index in [9.17, 15) is 9.90 Å². The van der Waals surface area contributed by atoms with Gasteiger partial charge >= 0.3 is 0 Å². The average Bonchev–Trinajstić information content (AvgIpc) is 2.73. The van der Waals surface area contributed by atoms with Crippen LogP contribution >= 0.6 is 0 Å². The van der Waals surface area contributed by atoms with Crippen LogP contribution in [-0.4, -0.2) is 41.1 Å². The van der Waals surface area contributed by atoms with Gasteiger partial charge in [0.1, 0.15) is 0 Å². The Morgan fingerprint density at radius 3 is 2.73 bits per heavy atom. The topological polar surface area (TPSA) is 66.6 Å². The summed E-state index contributed by atoms with van der Waals surface area (Å²) < 4.78 is 0. The minimum atomic E-state index is -0.255. The van der Waals surface area contributed by atoms with Crippen LogP contribution in [0.2, 0.25) is 0 Å². The maximum atomic E-state index is 10.9. The SMILES string of the molecule is NC(=O)CN1CCCC1C1CCCC1O. The highest BCUT2D eigenvalue weighted by molar-refractivity contribution is 5.76. The van der Waals surface area contributed by atoms with Crippen molar-refractivity contribution in [1.82, 2.24) is 4.90 Å². The third-order valence-corrected chi connectivity index (χ3v) is 3.80. The van der Waals surface area contributed by atoms with Crippen molar-refractivity contribution in [3.05, 3.63) is 0 Å². The fraction of sp³-hybridized carbons (Fsp3) is 0.909. The van der Waals surface area contributed by atoms with Crippen LogP contribution in [0.3, 0.4) is 0 Å². The zero-order valence-electron chi connectivity index (χ0n) is 9.06. The molecular weight excluding hydrogens is 192 g/mol. The highest BCUT2D eigenvalue weighted by atomic mass is 16.3.